The molecule has 4 atom stereocenters. The average Bonchev–Trinajstić information content (AvgIpc) is 3.50. The second-order valence-electron chi connectivity index (χ2n) is 8.07. The molecule has 1 aromatic heterocycles. The number of anilines is 2. The van der Waals surface area contributed by atoms with Crippen LogP contribution in [0.1, 0.15) is 25.7 Å². The van der Waals surface area contributed by atoms with Gasteiger partial charge in [0.15, 0.2) is 5.82 Å². The first-order chi connectivity index (χ1) is 15.4. The highest BCUT2D eigenvalue weighted by Crippen LogP contribution is 2.32. The van der Waals surface area contributed by atoms with Gasteiger partial charge >= 0.3 is 0 Å². The minimum absolute atomic E-state index is 0.251. The molecular weight excluding hydrogens is 458 g/mol. The molecule has 13 heteroatoms. The maximum atomic E-state index is 12.7. The average molecular weight is 486 g/mol. The Kier molecular flexibility index (Phi) is 7.15. The number of ether oxygens (including phenoxy) is 2. The van der Waals surface area contributed by atoms with Gasteiger partial charge in [0.2, 0.25) is 16.0 Å². The van der Waals surface area contributed by atoms with Crippen LogP contribution in [0.5, 0.6) is 0 Å². The van der Waals surface area contributed by atoms with Crippen molar-refractivity contribution < 1.29 is 17.9 Å². The third kappa shape index (κ3) is 4.99. The first-order valence-corrected chi connectivity index (χ1v) is 12.5. The second-order valence-corrected chi connectivity index (χ2v) is 10.5. The summed E-state index contributed by atoms with van der Waals surface area (Å²) in [5.74, 6) is 0.665. The number of rotatable bonds is 9. The predicted molar refractivity (Wildman–Crippen MR) is 122 cm³/mol. The summed E-state index contributed by atoms with van der Waals surface area (Å²) in [6.07, 6.45) is 6.78. The van der Waals surface area contributed by atoms with Crippen LogP contribution >= 0.6 is 11.6 Å². The van der Waals surface area contributed by atoms with Crippen molar-refractivity contribution >= 4 is 39.6 Å². The quantitative estimate of drug-likeness (QED) is 0.323. The summed E-state index contributed by atoms with van der Waals surface area (Å²) in [4.78, 5) is 8.53. The molecule has 2 saturated heterocycles. The molecule has 4 unspecified atom stereocenters. The predicted octanol–water partition coefficient (Wildman–Crippen LogP) is 1.06. The van der Waals surface area contributed by atoms with Crippen LogP contribution in [0.2, 0.25) is 5.02 Å². The minimum Gasteiger partial charge on any atom is -0.392 e. The minimum atomic E-state index is -3.40. The van der Waals surface area contributed by atoms with Gasteiger partial charge in [-0.2, -0.15) is 4.98 Å². The van der Waals surface area contributed by atoms with E-state index in [-0.39, 0.29) is 36.1 Å². The number of hydrogen-bond donors (Lipinski definition) is 5. The van der Waals surface area contributed by atoms with Crippen molar-refractivity contribution in [3.8, 4) is 0 Å². The van der Waals surface area contributed by atoms with Gasteiger partial charge in [-0.05, 0) is 12.8 Å². The molecule has 1 aliphatic carbocycles. The number of fused-ring (bicyclic) bond motifs is 1. The molecule has 0 aromatic carbocycles. The zero-order valence-electron chi connectivity index (χ0n) is 17.7. The maximum absolute atomic E-state index is 12.7. The van der Waals surface area contributed by atoms with E-state index in [4.69, 9.17) is 26.5 Å². The molecular formula is C19H28ClN7O4S. The zero-order valence-corrected chi connectivity index (χ0v) is 19.2. The number of nitrogens with zero attached hydrogens (tertiary/aromatic N) is 2. The lowest BCUT2D eigenvalue weighted by molar-refractivity contribution is 0.0690. The van der Waals surface area contributed by atoms with Gasteiger partial charge in [0.25, 0.3) is 0 Å². The summed E-state index contributed by atoms with van der Waals surface area (Å²) in [5.41, 5.74) is 0.474. The van der Waals surface area contributed by atoms with E-state index < -0.39 is 16.1 Å². The van der Waals surface area contributed by atoms with Gasteiger partial charge in [-0.25, -0.2) is 18.1 Å². The van der Waals surface area contributed by atoms with E-state index in [1.807, 2.05) is 0 Å². The van der Waals surface area contributed by atoms with Gasteiger partial charge in [0.1, 0.15) is 17.2 Å². The van der Waals surface area contributed by atoms with Crippen LogP contribution in [0, 0.1) is 5.41 Å². The number of hydrogen-bond acceptors (Lipinski definition) is 10. The molecule has 0 amide bonds. The van der Waals surface area contributed by atoms with Gasteiger partial charge in [0, 0.05) is 19.5 Å². The lowest BCUT2D eigenvalue weighted by Crippen LogP contribution is -2.47. The van der Waals surface area contributed by atoms with E-state index in [2.05, 4.69) is 30.6 Å². The van der Waals surface area contributed by atoms with Crippen LogP contribution in [-0.2, 0) is 19.5 Å². The summed E-state index contributed by atoms with van der Waals surface area (Å²) in [7, 11) is -1.68. The van der Waals surface area contributed by atoms with Crippen molar-refractivity contribution in [1.29, 1.82) is 5.41 Å². The van der Waals surface area contributed by atoms with Crippen LogP contribution in [0.25, 0.3) is 0 Å². The fourth-order valence-corrected chi connectivity index (χ4v) is 6.25. The van der Waals surface area contributed by atoms with Crippen molar-refractivity contribution in [2.75, 3.05) is 30.9 Å². The fourth-order valence-electron chi connectivity index (χ4n) is 4.33. The summed E-state index contributed by atoms with van der Waals surface area (Å²) in [5, 5.41) is 16.4. The molecule has 5 N–H and O–H groups in total. The number of nitrogens with one attached hydrogen (secondary N) is 5. The molecule has 11 nitrogen and oxygen atoms in total. The normalized spacial score (nSPS) is 28.5. The molecule has 3 fully saturated rings. The van der Waals surface area contributed by atoms with E-state index in [1.54, 1.807) is 13.2 Å². The Balaban J connectivity index is 1.41. The van der Waals surface area contributed by atoms with E-state index in [9.17, 15) is 8.42 Å². The van der Waals surface area contributed by atoms with Crippen molar-refractivity contribution in [3.05, 3.63) is 23.1 Å². The number of allylic oxidation sites excluding steroid dienone is 1. The maximum Gasteiger partial charge on any atom is 0.229 e. The van der Waals surface area contributed by atoms with E-state index in [0.717, 1.165) is 19.1 Å². The Hall–Kier alpha value is -1.99. The summed E-state index contributed by atoms with van der Waals surface area (Å²) in [6, 6.07) is -0.673. The SMILES string of the molecule is CN/C=C(\C=N)Nc1ncc(Cl)c(NC2COC3C(NS(=O)(=O)C4CCCC4)COC23)n1. The topological polar surface area (TPSA) is 150 Å². The van der Waals surface area contributed by atoms with Gasteiger partial charge in [-0.15, -0.1) is 0 Å². The smallest absolute Gasteiger partial charge is 0.229 e. The largest absolute Gasteiger partial charge is 0.392 e. The third-order valence-corrected chi connectivity index (χ3v) is 8.14. The molecule has 1 saturated carbocycles. The number of sulfonamides is 1. The number of halogens is 1. The van der Waals surface area contributed by atoms with Crippen molar-refractivity contribution in [3.63, 3.8) is 0 Å². The highest BCUT2D eigenvalue weighted by Gasteiger charge is 2.49. The third-order valence-electron chi connectivity index (χ3n) is 5.89. The first-order valence-electron chi connectivity index (χ1n) is 10.6. The van der Waals surface area contributed by atoms with Crippen LogP contribution in [0.4, 0.5) is 11.8 Å². The summed E-state index contributed by atoms with van der Waals surface area (Å²) in [6.45, 7) is 0.576. The van der Waals surface area contributed by atoms with Crippen LogP contribution in [0.15, 0.2) is 18.1 Å². The summed E-state index contributed by atoms with van der Waals surface area (Å²) >= 11 is 6.28. The Labute approximate surface area is 192 Å². The Morgan fingerprint density at radius 3 is 2.59 bits per heavy atom. The molecule has 3 aliphatic rings. The molecule has 1 aromatic rings. The Morgan fingerprint density at radius 2 is 1.91 bits per heavy atom. The highest BCUT2D eigenvalue weighted by atomic mass is 35.5. The van der Waals surface area contributed by atoms with Gasteiger partial charge in [-0.3, -0.25) is 0 Å². The monoisotopic (exact) mass is 485 g/mol. The van der Waals surface area contributed by atoms with Gasteiger partial charge < -0.3 is 30.8 Å². The molecule has 3 heterocycles. The van der Waals surface area contributed by atoms with E-state index in [1.165, 1.54) is 6.20 Å². The zero-order chi connectivity index (χ0) is 22.7. The molecule has 2 aliphatic heterocycles. The molecule has 176 valence electrons. The standard InChI is InChI=1S/C19H28ClN7O4S/c1-22-7-11(6-21)24-19-23-8-13(20)18(26-19)25-14-9-30-17-15(10-31-16(14)17)27-32(28,29)12-4-2-3-5-12/h6-8,12,14-17,21-22,27H,2-5,9-10H2,1H3,(H2,23,24,25,26)/b11-7+,21-6?. The first kappa shape index (κ1) is 23.2. The molecule has 32 heavy (non-hydrogen) atoms. The molecule has 0 bridgehead atoms. The van der Waals surface area contributed by atoms with Crippen molar-refractivity contribution in [2.24, 2.45) is 0 Å². The van der Waals surface area contributed by atoms with Crippen LogP contribution in [-0.4, -0.2) is 74.4 Å². The molecule has 4 rings (SSSR count). The van der Waals surface area contributed by atoms with Gasteiger partial charge in [0.05, 0.1) is 42.4 Å². The number of aromatic nitrogens is 2. The fraction of sp³-hybridized carbons (Fsp3) is 0.632. The molecule has 0 spiro atoms. The van der Waals surface area contributed by atoms with Crippen molar-refractivity contribution in [1.82, 2.24) is 20.0 Å². The highest BCUT2D eigenvalue weighted by molar-refractivity contribution is 7.90. The van der Waals surface area contributed by atoms with E-state index in [0.29, 0.717) is 36.0 Å². The van der Waals surface area contributed by atoms with Crippen LogP contribution in [0.3, 0.4) is 0 Å². The summed E-state index contributed by atoms with van der Waals surface area (Å²) < 4.78 is 40.0. The van der Waals surface area contributed by atoms with Crippen LogP contribution < -0.4 is 20.7 Å². The lowest BCUT2D eigenvalue weighted by Gasteiger charge is -2.20. The second kappa shape index (κ2) is 9.87. The Morgan fingerprint density at radius 1 is 1.22 bits per heavy atom. The lowest BCUT2D eigenvalue weighted by atomic mass is 10.1. The van der Waals surface area contributed by atoms with E-state index >= 15 is 0 Å². The van der Waals surface area contributed by atoms with Gasteiger partial charge in [-0.1, -0.05) is 24.4 Å². The van der Waals surface area contributed by atoms with Crippen molar-refractivity contribution in [2.45, 2.75) is 55.2 Å². The molecule has 0 radical (unpaired) electrons. The Bertz CT molecular complexity index is 970.